The second-order valence-corrected chi connectivity index (χ2v) is 4.22. The third-order valence-corrected chi connectivity index (χ3v) is 3.00. The van der Waals surface area contributed by atoms with Crippen molar-refractivity contribution in [3.8, 4) is 28.9 Å². The highest BCUT2D eigenvalue weighted by molar-refractivity contribution is 5.62. The predicted octanol–water partition coefficient (Wildman–Crippen LogP) is 2.56. The number of H-pyrrole nitrogens is 1. The molecule has 3 aromatic rings. The predicted molar refractivity (Wildman–Crippen MR) is 71.4 cm³/mol. The largest absolute Gasteiger partial charge is 0.352 e. The number of aryl methyl sites for hydroxylation is 1. The van der Waals surface area contributed by atoms with Gasteiger partial charge in [-0.25, -0.2) is 0 Å². The highest BCUT2D eigenvalue weighted by Crippen LogP contribution is 2.24. The van der Waals surface area contributed by atoms with E-state index < -0.39 is 0 Å². The van der Waals surface area contributed by atoms with Crippen LogP contribution in [0, 0.1) is 11.3 Å². The van der Waals surface area contributed by atoms with Crippen LogP contribution in [-0.2, 0) is 6.42 Å². The number of pyridine rings is 1. The first kappa shape index (κ1) is 12.1. The van der Waals surface area contributed by atoms with Crippen molar-refractivity contribution >= 4 is 0 Å². The van der Waals surface area contributed by atoms with Gasteiger partial charge in [0.1, 0.15) is 11.8 Å². The number of hydrogen-bond acceptors (Lipinski definition) is 5. The number of nitrogens with zero attached hydrogens (tertiary/aromatic N) is 4. The Morgan fingerprint density at radius 1 is 1.45 bits per heavy atom. The van der Waals surface area contributed by atoms with E-state index >= 15 is 0 Å². The maximum absolute atomic E-state index is 8.79. The molecule has 0 aromatic carbocycles. The normalized spacial score (nSPS) is 10.4. The molecule has 20 heavy (non-hydrogen) atoms. The smallest absolute Gasteiger partial charge is 0.259 e. The number of hydrogen-bond donors (Lipinski definition) is 1. The molecule has 0 unspecified atom stereocenters. The van der Waals surface area contributed by atoms with Crippen molar-refractivity contribution in [2.24, 2.45) is 0 Å². The van der Waals surface area contributed by atoms with Gasteiger partial charge >= 0.3 is 0 Å². The minimum absolute atomic E-state index is 0.386. The Labute approximate surface area is 115 Å². The Bertz CT molecular complexity index is 781. The molecule has 1 N–H and O–H groups in total. The first-order chi connectivity index (χ1) is 9.81. The zero-order chi connectivity index (χ0) is 13.9. The van der Waals surface area contributed by atoms with E-state index in [0.717, 1.165) is 17.5 Å². The summed E-state index contributed by atoms with van der Waals surface area (Å²) >= 11 is 0. The zero-order valence-electron chi connectivity index (χ0n) is 10.8. The van der Waals surface area contributed by atoms with Crippen LogP contribution in [0.1, 0.15) is 18.2 Å². The van der Waals surface area contributed by atoms with Crippen LogP contribution in [0.4, 0.5) is 0 Å². The topological polar surface area (TPSA) is 91.4 Å². The molecule has 3 rings (SSSR count). The van der Waals surface area contributed by atoms with Crippen LogP contribution in [0.5, 0.6) is 0 Å². The van der Waals surface area contributed by atoms with Gasteiger partial charge in [0.2, 0.25) is 5.82 Å². The Balaban J connectivity index is 2.00. The van der Waals surface area contributed by atoms with Crippen LogP contribution >= 0.6 is 0 Å². The van der Waals surface area contributed by atoms with Gasteiger partial charge in [0, 0.05) is 24.2 Å². The summed E-state index contributed by atoms with van der Waals surface area (Å²) in [5.74, 6) is 0.913. The van der Waals surface area contributed by atoms with Crippen LogP contribution in [0.25, 0.3) is 22.8 Å². The molecule has 0 bridgehead atoms. The van der Waals surface area contributed by atoms with Gasteiger partial charge in [-0.15, -0.1) is 0 Å². The van der Waals surface area contributed by atoms with Crippen molar-refractivity contribution in [1.29, 1.82) is 5.26 Å². The van der Waals surface area contributed by atoms with Crippen molar-refractivity contribution in [2.45, 2.75) is 13.3 Å². The van der Waals surface area contributed by atoms with Gasteiger partial charge in [0.15, 0.2) is 0 Å². The first-order valence-corrected chi connectivity index (χ1v) is 6.17. The van der Waals surface area contributed by atoms with Gasteiger partial charge in [-0.3, -0.25) is 4.98 Å². The second kappa shape index (κ2) is 4.97. The average molecular weight is 265 g/mol. The van der Waals surface area contributed by atoms with Crippen LogP contribution in [0.2, 0.25) is 0 Å². The van der Waals surface area contributed by atoms with Crippen molar-refractivity contribution < 1.29 is 4.52 Å². The molecule has 3 aromatic heterocycles. The number of nitrogens with one attached hydrogen (secondary N) is 1. The Kier molecular flexibility index (Phi) is 3.01. The first-order valence-electron chi connectivity index (χ1n) is 6.17. The van der Waals surface area contributed by atoms with E-state index in [9.17, 15) is 0 Å². The molecule has 0 aliphatic rings. The highest BCUT2D eigenvalue weighted by atomic mass is 16.5. The third kappa shape index (κ3) is 2.06. The van der Waals surface area contributed by atoms with Gasteiger partial charge in [-0.05, 0) is 24.1 Å². The van der Waals surface area contributed by atoms with Crippen LogP contribution in [0.3, 0.4) is 0 Å². The molecule has 0 aliphatic heterocycles. The molecule has 0 saturated carbocycles. The van der Waals surface area contributed by atoms with Gasteiger partial charge in [0.25, 0.3) is 5.89 Å². The summed E-state index contributed by atoms with van der Waals surface area (Å²) in [4.78, 5) is 11.3. The maximum atomic E-state index is 8.79. The van der Waals surface area contributed by atoms with E-state index in [1.807, 2.05) is 19.1 Å². The fourth-order valence-electron chi connectivity index (χ4n) is 1.96. The minimum atomic E-state index is 0.386. The molecule has 0 radical (unpaired) electrons. The van der Waals surface area contributed by atoms with E-state index in [0.29, 0.717) is 23.0 Å². The maximum Gasteiger partial charge on any atom is 0.259 e. The lowest BCUT2D eigenvalue weighted by Gasteiger charge is -2.00. The molecule has 98 valence electrons. The van der Waals surface area contributed by atoms with Gasteiger partial charge in [-0.2, -0.15) is 10.2 Å². The summed E-state index contributed by atoms with van der Waals surface area (Å²) in [6.45, 7) is 2.05. The van der Waals surface area contributed by atoms with Gasteiger partial charge in [-0.1, -0.05) is 12.1 Å². The van der Waals surface area contributed by atoms with E-state index in [2.05, 4.69) is 20.1 Å². The lowest BCUT2D eigenvalue weighted by Crippen LogP contribution is -1.90. The van der Waals surface area contributed by atoms with Gasteiger partial charge < -0.3 is 9.51 Å². The lowest BCUT2D eigenvalue weighted by atomic mass is 10.1. The molecule has 0 aliphatic carbocycles. The van der Waals surface area contributed by atoms with Crippen molar-refractivity contribution in [2.75, 3.05) is 0 Å². The van der Waals surface area contributed by atoms with E-state index in [1.54, 1.807) is 24.7 Å². The number of rotatable bonds is 3. The monoisotopic (exact) mass is 265 g/mol. The summed E-state index contributed by atoms with van der Waals surface area (Å²) in [5, 5.41) is 12.8. The highest BCUT2D eigenvalue weighted by Gasteiger charge is 2.14. The third-order valence-electron chi connectivity index (χ3n) is 3.00. The Morgan fingerprint density at radius 2 is 2.35 bits per heavy atom. The molecular formula is C14H11N5O. The van der Waals surface area contributed by atoms with E-state index in [-0.39, 0.29) is 0 Å². The second-order valence-electron chi connectivity index (χ2n) is 4.22. The molecular weight excluding hydrogens is 254 g/mol. The van der Waals surface area contributed by atoms with Crippen molar-refractivity contribution in [3.05, 3.63) is 42.0 Å². The SMILES string of the molecule is CCc1cnccc1-c1noc(-c2c[nH]c(C#N)c2)n1. The fourth-order valence-corrected chi connectivity index (χ4v) is 1.96. The minimum Gasteiger partial charge on any atom is -0.352 e. The summed E-state index contributed by atoms with van der Waals surface area (Å²) < 4.78 is 5.25. The number of nitriles is 1. The van der Waals surface area contributed by atoms with Crippen LogP contribution < -0.4 is 0 Å². The van der Waals surface area contributed by atoms with E-state index in [4.69, 9.17) is 9.78 Å². The average Bonchev–Trinajstić information content (AvgIpc) is 3.15. The summed E-state index contributed by atoms with van der Waals surface area (Å²) in [6.07, 6.45) is 6.02. The summed E-state index contributed by atoms with van der Waals surface area (Å²) in [7, 11) is 0. The zero-order valence-corrected chi connectivity index (χ0v) is 10.8. The standard InChI is InChI=1S/C14H11N5O/c1-2-9-7-16-4-3-12(9)13-18-14(20-19-13)10-5-11(6-15)17-8-10/h3-5,7-8,17H,2H2,1H3. The van der Waals surface area contributed by atoms with Crippen LogP contribution in [-0.4, -0.2) is 20.1 Å². The van der Waals surface area contributed by atoms with Crippen molar-refractivity contribution in [1.82, 2.24) is 20.1 Å². The summed E-state index contributed by atoms with van der Waals surface area (Å²) in [6, 6.07) is 5.56. The Hall–Kier alpha value is -2.94. The number of aromatic nitrogens is 4. The fraction of sp³-hybridized carbons (Fsp3) is 0.143. The molecule has 0 fully saturated rings. The lowest BCUT2D eigenvalue weighted by molar-refractivity contribution is 0.432. The molecule has 0 spiro atoms. The van der Waals surface area contributed by atoms with Crippen LogP contribution in [0.15, 0.2) is 35.2 Å². The molecule has 6 nitrogen and oxygen atoms in total. The molecule has 3 heterocycles. The van der Waals surface area contributed by atoms with E-state index in [1.165, 1.54) is 0 Å². The van der Waals surface area contributed by atoms with Crippen molar-refractivity contribution in [3.63, 3.8) is 0 Å². The molecule has 0 atom stereocenters. The van der Waals surface area contributed by atoms with Gasteiger partial charge in [0.05, 0.1) is 5.56 Å². The molecule has 0 amide bonds. The number of aromatic amines is 1. The summed E-state index contributed by atoms with van der Waals surface area (Å²) in [5.41, 5.74) is 3.13. The molecule has 0 saturated heterocycles. The Morgan fingerprint density at radius 3 is 3.10 bits per heavy atom. The molecule has 6 heteroatoms. The quantitative estimate of drug-likeness (QED) is 0.785.